The summed E-state index contributed by atoms with van der Waals surface area (Å²) in [6.45, 7) is 7.49. The maximum absolute atomic E-state index is 12.3. The van der Waals surface area contributed by atoms with Crippen molar-refractivity contribution >= 4 is 17.6 Å². The molecule has 4 nitrogen and oxygen atoms in total. The molecule has 2 fully saturated rings. The largest absolute Gasteiger partial charge is 0.297 e. The van der Waals surface area contributed by atoms with Crippen LogP contribution in [0.4, 0.5) is 0 Å². The summed E-state index contributed by atoms with van der Waals surface area (Å²) in [5, 5.41) is 0. The van der Waals surface area contributed by atoms with Gasteiger partial charge in [0.1, 0.15) is 0 Å². The first-order chi connectivity index (χ1) is 8.75. The zero-order valence-corrected chi connectivity index (χ0v) is 12.2. The number of imide groups is 1. The van der Waals surface area contributed by atoms with Crippen LogP contribution in [0.15, 0.2) is 0 Å². The van der Waals surface area contributed by atoms with Crippen molar-refractivity contribution in [3.8, 4) is 0 Å². The van der Waals surface area contributed by atoms with Gasteiger partial charge in [0, 0.05) is 5.41 Å². The summed E-state index contributed by atoms with van der Waals surface area (Å²) in [5.74, 6) is -0.132. The minimum absolute atomic E-state index is 0.0506. The molecule has 1 saturated heterocycles. The highest BCUT2D eigenvalue weighted by molar-refractivity contribution is 6.08. The Morgan fingerprint density at radius 2 is 1.63 bits per heavy atom. The lowest BCUT2D eigenvalue weighted by Gasteiger charge is -2.22. The Labute approximate surface area is 114 Å². The van der Waals surface area contributed by atoms with E-state index < -0.39 is 5.41 Å². The van der Waals surface area contributed by atoms with Crippen LogP contribution in [0.5, 0.6) is 0 Å². The molecule has 2 atom stereocenters. The summed E-state index contributed by atoms with van der Waals surface area (Å²) in [7, 11) is 0. The van der Waals surface area contributed by atoms with Crippen molar-refractivity contribution in [3.05, 3.63) is 0 Å². The van der Waals surface area contributed by atoms with E-state index in [2.05, 4.69) is 6.92 Å². The van der Waals surface area contributed by atoms with Gasteiger partial charge in [-0.3, -0.25) is 19.3 Å². The van der Waals surface area contributed by atoms with Gasteiger partial charge in [-0.05, 0) is 18.8 Å². The van der Waals surface area contributed by atoms with Crippen molar-refractivity contribution in [2.24, 2.45) is 23.2 Å². The number of carbonyl (C=O) groups excluding carboxylic acids is 3. The van der Waals surface area contributed by atoms with Crippen LogP contribution >= 0.6 is 0 Å². The van der Waals surface area contributed by atoms with Crippen molar-refractivity contribution < 1.29 is 14.4 Å². The topological polar surface area (TPSA) is 54.5 Å². The zero-order chi connectivity index (χ0) is 14.4. The first-order valence-corrected chi connectivity index (χ1v) is 7.14. The fraction of sp³-hybridized carbons (Fsp3) is 0.800. The van der Waals surface area contributed by atoms with Gasteiger partial charge in [-0.15, -0.1) is 0 Å². The van der Waals surface area contributed by atoms with E-state index in [4.69, 9.17) is 0 Å². The Morgan fingerprint density at radius 1 is 1.16 bits per heavy atom. The Balaban J connectivity index is 2.09. The number of nitrogens with zero attached hydrogens (tertiary/aromatic N) is 1. The van der Waals surface area contributed by atoms with Gasteiger partial charge in [-0.25, -0.2) is 0 Å². The molecule has 2 amide bonds. The van der Waals surface area contributed by atoms with Crippen LogP contribution < -0.4 is 0 Å². The van der Waals surface area contributed by atoms with Gasteiger partial charge >= 0.3 is 0 Å². The van der Waals surface area contributed by atoms with Crippen LogP contribution in [-0.2, 0) is 14.4 Å². The van der Waals surface area contributed by atoms with E-state index in [1.807, 2.05) is 20.8 Å². The van der Waals surface area contributed by atoms with Crippen molar-refractivity contribution in [3.63, 3.8) is 0 Å². The van der Waals surface area contributed by atoms with Crippen LogP contribution in [0.1, 0.15) is 47.0 Å². The van der Waals surface area contributed by atoms with E-state index in [1.54, 1.807) is 0 Å². The molecule has 0 N–H and O–H groups in total. The molecule has 0 aromatic carbocycles. The highest BCUT2D eigenvalue weighted by Gasteiger charge is 2.52. The predicted molar refractivity (Wildman–Crippen MR) is 71.2 cm³/mol. The smallest absolute Gasteiger partial charge is 0.233 e. The lowest BCUT2D eigenvalue weighted by atomic mass is 9.90. The molecule has 1 aliphatic carbocycles. The summed E-state index contributed by atoms with van der Waals surface area (Å²) < 4.78 is 0. The maximum Gasteiger partial charge on any atom is 0.233 e. The molecular weight excluding hydrogens is 242 g/mol. The van der Waals surface area contributed by atoms with Crippen molar-refractivity contribution in [1.29, 1.82) is 0 Å². The van der Waals surface area contributed by atoms with Gasteiger partial charge in [0.25, 0.3) is 0 Å². The second-order valence-corrected chi connectivity index (χ2v) is 6.89. The number of rotatable bonds is 3. The van der Waals surface area contributed by atoms with E-state index in [-0.39, 0.29) is 36.0 Å². The molecule has 4 heteroatoms. The molecule has 2 unspecified atom stereocenters. The Bertz CT molecular complexity index is 398. The lowest BCUT2D eigenvalue weighted by Crippen LogP contribution is -2.40. The number of amides is 2. The number of hydrogen-bond acceptors (Lipinski definition) is 3. The molecule has 0 bridgehead atoms. The molecule has 0 spiro atoms. The third-order valence-electron chi connectivity index (χ3n) is 4.54. The Hall–Kier alpha value is -1.19. The minimum atomic E-state index is -0.510. The minimum Gasteiger partial charge on any atom is -0.297 e. The molecule has 19 heavy (non-hydrogen) atoms. The second kappa shape index (κ2) is 4.73. The lowest BCUT2D eigenvalue weighted by molar-refractivity contribution is -0.145. The number of Topliss-reactive ketones (excluding diaryl/α,β-unsaturated/α-hetero) is 1. The van der Waals surface area contributed by atoms with E-state index in [0.29, 0.717) is 5.92 Å². The van der Waals surface area contributed by atoms with Crippen LogP contribution in [0.25, 0.3) is 0 Å². The van der Waals surface area contributed by atoms with Crippen LogP contribution in [0.3, 0.4) is 0 Å². The molecule has 0 aromatic rings. The first-order valence-electron chi connectivity index (χ1n) is 7.14. The molecular formula is C15H23NO3. The summed E-state index contributed by atoms with van der Waals surface area (Å²) in [6.07, 6.45) is 2.65. The summed E-state index contributed by atoms with van der Waals surface area (Å²) in [6, 6.07) is 0. The van der Waals surface area contributed by atoms with Crippen LogP contribution in [0, 0.1) is 23.2 Å². The first kappa shape index (κ1) is 14.2. The number of ketones is 1. The quantitative estimate of drug-likeness (QED) is 0.734. The van der Waals surface area contributed by atoms with E-state index in [9.17, 15) is 14.4 Å². The van der Waals surface area contributed by atoms with E-state index in [0.717, 1.165) is 19.3 Å². The number of likely N-dealkylation sites (tertiary alicyclic amines) is 1. The van der Waals surface area contributed by atoms with E-state index >= 15 is 0 Å². The summed E-state index contributed by atoms with van der Waals surface area (Å²) in [4.78, 5) is 37.8. The van der Waals surface area contributed by atoms with Gasteiger partial charge in [0.2, 0.25) is 11.8 Å². The van der Waals surface area contributed by atoms with Crippen molar-refractivity contribution in [2.45, 2.75) is 47.0 Å². The molecule has 1 saturated carbocycles. The Kier molecular flexibility index (Phi) is 3.54. The van der Waals surface area contributed by atoms with E-state index in [1.165, 1.54) is 4.90 Å². The normalized spacial score (nSPS) is 30.9. The fourth-order valence-corrected chi connectivity index (χ4v) is 3.07. The third-order valence-corrected chi connectivity index (χ3v) is 4.54. The van der Waals surface area contributed by atoms with Gasteiger partial charge in [0.05, 0.1) is 18.4 Å². The standard InChI is InChI=1S/C15H23NO3/c1-5-9-6-10-11(7-9)14(19)16(13(10)18)8-12(17)15(2,3)4/h9-11H,5-8H2,1-4H3. The number of hydrogen-bond donors (Lipinski definition) is 0. The number of fused-ring (bicyclic) bond motifs is 1. The van der Waals surface area contributed by atoms with Gasteiger partial charge in [-0.2, -0.15) is 0 Å². The van der Waals surface area contributed by atoms with Crippen LogP contribution in [0.2, 0.25) is 0 Å². The van der Waals surface area contributed by atoms with Gasteiger partial charge in [-0.1, -0.05) is 34.1 Å². The molecule has 2 rings (SSSR count). The summed E-state index contributed by atoms with van der Waals surface area (Å²) >= 11 is 0. The zero-order valence-electron chi connectivity index (χ0n) is 12.2. The highest BCUT2D eigenvalue weighted by Crippen LogP contribution is 2.44. The maximum atomic E-state index is 12.3. The second-order valence-electron chi connectivity index (χ2n) is 6.89. The molecule has 106 valence electrons. The van der Waals surface area contributed by atoms with Gasteiger partial charge in [0.15, 0.2) is 5.78 Å². The fourth-order valence-electron chi connectivity index (χ4n) is 3.07. The molecule has 0 aromatic heterocycles. The number of carbonyl (C=O) groups is 3. The molecule has 2 aliphatic rings. The monoisotopic (exact) mass is 265 g/mol. The SMILES string of the molecule is CCC1CC2C(=O)N(CC(=O)C(C)(C)C)C(=O)C2C1. The Morgan fingerprint density at radius 3 is 2.00 bits per heavy atom. The van der Waals surface area contributed by atoms with Crippen LogP contribution in [-0.4, -0.2) is 29.0 Å². The van der Waals surface area contributed by atoms with Crippen molar-refractivity contribution in [2.75, 3.05) is 6.54 Å². The third kappa shape index (κ3) is 2.45. The average molecular weight is 265 g/mol. The van der Waals surface area contributed by atoms with Crippen molar-refractivity contribution in [1.82, 2.24) is 4.90 Å². The molecule has 0 radical (unpaired) electrons. The predicted octanol–water partition coefficient (Wildman–Crippen LogP) is 2.02. The van der Waals surface area contributed by atoms with Gasteiger partial charge < -0.3 is 0 Å². The average Bonchev–Trinajstić information content (AvgIpc) is 2.83. The summed E-state index contributed by atoms with van der Waals surface area (Å²) in [5.41, 5.74) is -0.510. The molecule has 1 heterocycles. The molecule has 1 aliphatic heterocycles. The highest BCUT2D eigenvalue weighted by atomic mass is 16.2.